The molecule has 0 unspecified atom stereocenters. The summed E-state index contributed by atoms with van der Waals surface area (Å²) >= 11 is 0. The van der Waals surface area contributed by atoms with Crippen LogP contribution in [-0.4, -0.2) is 20.9 Å². The molecule has 6 nitrogen and oxygen atoms in total. The van der Waals surface area contributed by atoms with Gasteiger partial charge in [-0.3, -0.25) is 9.59 Å². The number of carbonyl (C=O) groups is 1. The average molecular weight is 360 g/mol. The van der Waals surface area contributed by atoms with E-state index in [2.05, 4.69) is 20.3 Å². The average Bonchev–Trinajstić information content (AvgIpc) is 3.08. The number of carbonyl (C=O) groups excluding carboxylic acids is 1. The van der Waals surface area contributed by atoms with Crippen LogP contribution in [0.3, 0.4) is 0 Å². The zero-order valence-corrected chi connectivity index (χ0v) is 15.2. The number of nitrogens with zero attached hydrogens (tertiary/aromatic N) is 1. The number of benzene rings is 2. The van der Waals surface area contributed by atoms with Gasteiger partial charge in [0.25, 0.3) is 5.91 Å². The summed E-state index contributed by atoms with van der Waals surface area (Å²) in [6, 6.07) is 14.3. The second-order valence-corrected chi connectivity index (χ2v) is 6.67. The Bertz CT molecular complexity index is 1210. The predicted molar refractivity (Wildman–Crippen MR) is 106 cm³/mol. The van der Waals surface area contributed by atoms with E-state index in [4.69, 9.17) is 0 Å². The summed E-state index contributed by atoms with van der Waals surface area (Å²) in [6.45, 7) is 4.01. The lowest BCUT2D eigenvalue weighted by Crippen LogP contribution is -2.30. The number of hydrogen-bond acceptors (Lipinski definition) is 3. The molecule has 0 spiro atoms. The monoisotopic (exact) mass is 360 g/mol. The summed E-state index contributed by atoms with van der Waals surface area (Å²) in [5.74, 6) is 0.418. The number of fused-ring (bicyclic) bond motifs is 2. The highest BCUT2D eigenvalue weighted by atomic mass is 16.2. The molecule has 0 aliphatic carbocycles. The number of pyridine rings is 1. The van der Waals surface area contributed by atoms with Gasteiger partial charge in [-0.2, -0.15) is 0 Å². The Kier molecular flexibility index (Phi) is 4.24. The summed E-state index contributed by atoms with van der Waals surface area (Å²) in [4.78, 5) is 35.5. The van der Waals surface area contributed by atoms with Crippen molar-refractivity contribution in [2.45, 2.75) is 26.3 Å². The van der Waals surface area contributed by atoms with E-state index in [0.29, 0.717) is 28.7 Å². The number of H-pyrrole nitrogens is 2. The number of aryl methyl sites for hydroxylation is 1. The Balaban J connectivity index is 1.69. The van der Waals surface area contributed by atoms with Gasteiger partial charge in [0.2, 0.25) is 5.56 Å². The molecular formula is C21H20N4O2. The van der Waals surface area contributed by atoms with Crippen LogP contribution in [0.15, 0.2) is 53.3 Å². The van der Waals surface area contributed by atoms with Crippen LogP contribution in [0.4, 0.5) is 0 Å². The minimum absolute atomic E-state index is 0.275. The van der Waals surface area contributed by atoms with E-state index in [1.807, 2.05) is 50.2 Å². The second-order valence-electron chi connectivity index (χ2n) is 6.67. The molecule has 0 fully saturated rings. The van der Waals surface area contributed by atoms with E-state index in [9.17, 15) is 9.59 Å². The maximum absolute atomic E-state index is 12.9. The molecule has 0 saturated carbocycles. The van der Waals surface area contributed by atoms with Crippen LogP contribution in [-0.2, 0) is 0 Å². The molecule has 1 amide bonds. The third kappa shape index (κ3) is 3.21. The van der Waals surface area contributed by atoms with Crippen LogP contribution in [0.25, 0.3) is 21.9 Å². The molecule has 4 aromatic rings. The molecule has 1 atom stereocenters. The number of rotatable bonds is 4. The topological polar surface area (TPSA) is 90.6 Å². The highest BCUT2D eigenvalue weighted by molar-refractivity contribution is 6.06. The van der Waals surface area contributed by atoms with Crippen molar-refractivity contribution in [1.29, 1.82) is 0 Å². The van der Waals surface area contributed by atoms with Crippen molar-refractivity contribution in [1.82, 2.24) is 20.3 Å². The highest BCUT2D eigenvalue weighted by Gasteiger charge is 2.19. The molecule has 0 radical (unpaired) electrons. The van der Waals surface area contributed by atoms with Gasteiger partial charge in [0.15, 0.2) is 0 Å². The molecular weight excluding hydrogens is 340 g/mol. The van der Waals surface area contributed by atoms with Crippen LogP contribution >= 0.6 is 0 Å². The molecule has 6 heteroatoms. The van der Waals surface area contributed by atoms with Gasteiger partial charge in [-0.15, -0.1) is 0 Å². The Morgan fingerprint density at radius 1 is 1.11 bits per heavy atom. The Hall–Kier alpha value is -3.41. The number of nitrogens with one attached hydrogen (secondary N) is 3. The number of amides is 1. The minimum atomic E-state index is -0.300. The van der Waals surface area contributed by atoms with Crippen LogP contribution in [0, 0.1) is 6.92 Å². The first kappa shape index (κ1) is 17.0. The third-order valence-electron chi connectivity index (χ3n) is 4.69. The molecule has 136 valence electrons. The van der Waals surface area contributed by atoms with E-state index in [0.717, 1.165) is 16.6 Å². The van der Waals surface area contributed by atoms with E-state index >= 15 is 0 Å². The van der Waals surface area contributed by atoms with Crippen molar-refractivity contribution in [2.75, 3.05) is 0 Å². The van der Waals surface area contributed by atoms with E-state index < -0.39 is 0 Å². The van der Waals surface area contributed by atoms with Crippen molar-refractivity contribution in [3.8, 4) is 0 Å². The summed E-state index contributed by atoms with van der Waals surface area (Å²) in [5, 5.41) is 3.72. The van der Waals surface area contributed by atoms with Gasteiger partial charge in [0.1, 0.15) is 5.82 Å². The first-order valence-corrected chi connectivity index (χ1v) is 8.94. The normalized spacial score (nSPS) is 12.4. The van der Waals surface area contributed by atoms with Crippen molar-refractivity contribution >= 4 is 27.8 Å². The smallest absolute Gasteiger partial charge is 0.252 e. The SMILES string of the molecule is CC[C@H](NC(=O)c1cc(=O)[nH]c2ccccc12)c1nc2ccc(C)cc2[nH]1. The lowest BCUT2D eigenvalue weighted by molar-refractivity contribution is 0.0935. The zero-order valence-electron chi connectivity index (χ0n) is 15.2. The van der Waals surface area contributed by atoms with E-state index in [1.54, 1.807) is 6.07 Å². The summed E-state index contributed by atoms with van der Waals surface area (Å²) in [7, 11) is 0. The lowest BCUT2D eigenvalue weighted by Gasteiger charge is -2.15. The molecule has 0 aliphatic rings. The van der Waals surface area contributed by atoms with Gasteiger partial charge in [-0.25, -0.2) is 4.98 Å². The van der Waals surface area contributed by atoms with Gasteiger partial charge in [-0.1, -0.05) is 31.2 Å². The molecule has 4 rings (SSSR count). The van der Waals surface area contributed by atoms with Crippen LogP contribution in [0.5, 0.6) is 0 Å². The molecule has 3 N–H and O–H groups in total. The fourth-order valence-electron chi connectivity index (χ4n) is 3.30. The Morgan fingerprint density at radius 3 is 2.74 bits per heavy atom. The first-order valence-electron chi connectivity index (χ1n) is 8.94. The van der Waals surface area contributed by atoms with E-state index in [1.165, 1.54) is 6.07 Å². The van der Waals surface area contributed by atoms with Crippen LogP contribution < -0.4 is 10.9 Å². The fourth-order valence-corrected chi connectivity index (χ4v) is 3.30. The third-order valence-corrected chi connectivity index (χ3v) is 4.69. The molecule has 0 aliphatic heterocycles. The quantitative estimate of drug-likeness (QED) is 0.519. The maximum atomic E-state index is 12.9. The molecule has 2 aromatic heterocycles. The van der Waals surface area contributed by atoms with Crippen molar-refractivity contribution in [2.24, 2.45) is 0 Å². The zero-order chi connectivity index (χ0) is 19.0. The predicted octanol–water partition coefficient (Wildman–Crippen LogP) is 3.59. The number of hydrogen-bond donors (Lipinski definition) is 3. The first-order chi connectivity index (χ1) is 13.0. The van der Waals surface area contributed by atoms with Gasteiger partial charge in [0.05, 0.1) is 22.6 Å². The molecule has 2 heterocycles. The maximum Gasteiger partial charge on any atom is 0.252 e. The summed E-state index contributed by atoms with van der Waals surface area (Å²) in [5.41, 5.74) is 3.65. The number of aromatic amines is 2. The van der Waals surface area contributed by atoms with Crippen molar-refractivity contribution < 1.29 is 4.79 Å². The fraction of sp³-hybridized carbons (Fsp3) is 0.190. The molecule has 2 aromatic carbocycles. The highest BCUT2D eigenvalue weighted by Crippen LogP contribution is 2.21. The Labute approximate surface area is 155 Å². The van der Waals surface area contributed by atoms with Crippen LogP contribution in [0.2, 0.25) is 0 Å². The summed E-state index contributed by atoms with van der Waals surface area (Å²) < 4.78 is 0. The van der Waals surface area contributed by atoms with Crippen LogP contribution in [0.1, 0.15) is 41.1 Å². The number of imidazole rings is 1. The lowest BCUT2D eigenvalue weighted by atomic mass is 10.1. The van der Waals surface area contributed by atoms with E-state index in [-0.39, 0.29) is 17.5 Å². The molecule has 0 bridgehead atoms. The van der Waals surface area contributed by atoms with Gasteiger partial charge >= 0.3 is 0 Å². The number of para-hydroxylation sites is 1. The van der Waals surface area contributed by atoms with Gasteiger partial charge in [0, 0.05) is 17.0 Å². The Morgan fingerprint density at radius 2 is 1.93 bits per heavy atom. The molecule has 0 saturated heterocycles. The second kappa shape index (κ2) is 6.72. The van der Waals surface area contributed by atoms with Gasteiger partial charge < -0.3 is 15.3 Å². The van der Waals surface area contributed by atoms with Gasteiger partial charge in [-0.05, 0) is 37.1 Å². The van der Waals surface area contributed by atoms with Crippen molar-refractivity contribution in [3.63, 3.8) is 0 Å². The standard InChI is InChI=1S/C21H20N4O2/c1-3-15(20-23-17-9-8-12(2)10-18(17)24-20)25-21(27)14-11-19(26)22-16-7-5-4-6-13(14)16/h4-11,15H,3H2,1-2H3,(H,22,26)(H,23,24)(H,25,27)/t15-/m0/s1. The van der Waals surface area contributed by atoms with Crippen molar-refractivity contribution in [3.05, 3.63) is 75.8 Å². The number of aromatic nitrogens is 3. The summed E-state index contributed by atoms with van der Waals surface area (Å²) in [6.07, 6.45) is 0.672. The largest absolute Gasteiger partial charge is 0.342 e. The molecule has 27 heavy (non-hydrogen) atoms. The minimum Gasteiger partial charge on any atom is -0.342 e.